The summed E-state index contributed by atoms with van der Waals surface area (Å²) in [6.07, 6.45) is 1.75. The maximum atomic E-state index is 13.9. The summed E-state index contributed by atoms with van der Waals surface area (Å²) in [4.78, 5) is 12.8. The molecule has 112 valence electrons. The quantitative estimate of drug-likeness (QED) is 0.853. The molecule has 6 heteroatoms. The summed E-state index contributed by atoms with van der Waals surface area (Å²) in [5.74, 6) is -1.27. The van der Waals surface area contributed by atoms with Gasteiger partial charge in [-0.05, 0) is 24.5 Å². The molecule has 0 saturated carbocycles. The Labute approximate surface area is 137 Å². The van der Waals surface area contributed by atoms with E-state index in [2.05, 4.69) is 5.32 Å². The standard InChI is InChI=1S/C16H12ClFN2OS/c1-22-14-8-4-7-12(18)15(14)16(21)20-13(9-19)10-5-2-3-6-11(10)17/h2-8,13H,1H3,(H,20,21). The lowest BCUT2D eigenvalue weighted by Crippen LogP contribution is -2.29. The fourth-order valence-corrected chi connectivity index (χ4v) is 2.84. The van der Waals surface area contributed by atoms with E-state index in [0.717, 1.165) is 0 Å². The molecule has 0 radical (unpaired) electrons. The molecule has 2 rings (SSSR count). The number of amides is 1. The highest BCUT2D eigenvalue weighted by Gasteiger charge is 2.21. The molecule has 0 aliphatic rings. The first-order valence-electron chi connectivity index (χ1n) is 6.36. The molecular formula is C16H12ClFN2OS. The van der Waals surface area contributed by atoms with Gasteiger partial charge in [-0.15, -0.1) is 11.8 Å². The minimum absolute atomic E-state index is 0.0673. The normalized spacial score (nSPS) is 11.5. The van der Waals surface area contributed by atoms with Gasteiger partial charge in [0.15, 0.2) is 0 Å². The monoisotopic (exact) mass is 334 g/mol. The number of carbonyl (C=O) groups is 1. The van der Waals surface area contributed by atoms with E-state index < -0.39 is 17.8 Å². The van der Waals surface area contributed by atoms with Crippen LogP contribution in [-0.4, -0.2) is 12.2 Å². The molecule has 2 aromatic rings. The van der Waals surface area contributed by atoms with Crippen molar-refractivity contribution in [2.45, 2.75) is 10.9 Å². The summed E-state index contributed by atoms with van der Waals surface area (Å²) < 4.78 is 13.9. The van der Waals surface area contributed by atoms with Crippen LogP contribution in [0.5, 0.6) is 0 Å². The Balaban J connectivity index is 2.32. The third kappa shape index (κ3) is 3.41. The summed E-state index contributed by atoms with van der Waals surface area (Å²) >= 11 is 7.30. The molecule has 0 saturated heterocycles. The maximum Gasteiger partial charge on any atom is 0.256 e. The Morgan fingerprint density at radius 2 is 2.05 bits per heavy atom. The van der Waals surface area contributed by atoms with E-state index in [1.165, 1.54) is 23.9 Å². The van der Waals surface area contributed by atoms with Gasteiger partial charge in [-0.2, -0.15) is 5.26 Å². The van der Waals surface area contributed by atoms with Gasteiger partial charge in [-0.25, -0.2) is 4.39 Å². The van der Waals surface area contributed by atoms with Crippen molar-refractivity contribution in [2.75, 3.05) is 6.26 Å². The largest absolute Gasteiger partial charge is 0.332 e. The number of nitriles is 1. The van der Waals surface area contributed by atoms with Crippen molar-refractivity contribution in [3.63, 3.8) is 0 Å². The zero-order valence-electron chi connectivity index (χ0n) is 11.6. The lowest BCUT2D eigenvalue weighted by atomic mass is 10.1. The Bertz CT molecular complexity index is 745. The van der Waals surface area contributed by atoms with Crippen molar-refractivity contribution in [1.29, 1.82) is 5.26 Å². The number of hydrogen-bond donors (Lipinski definition) is 1. The molecule has 0 heterocycles. The van der Waals surface area contributed by atoms with Gasteiger partial charge in [0.2, 0.25) is 0 Å². The number of halogens is 2. The third-order valence-corrected chi connectivity index (χ3v) is 4.17. The van der Waals surface area contributed by atoms with E-state index in [1.54, 1.807) is 36.6 Å². The van der Waals surface area contributed by atoms with Crippen molar-refractivity contribution in [1.82, 2.24) is 5.32 Å². The average molecular weight is 335 g/mol. The second-order valence-corrected chi connectivity index (χ2v) is 5.63. The molecule has 0 spiro atoms. The van der Waals surface area contributed by atoms with Crippen molar-refractivity contribution in [2.24, 2.45) is 0 Å². The van der Waals surface area contributed by atoms with Crippen LogP contribution in [0, 0.1) is 17.1 Å². The number of hydrogen-bond acceptors (Lipinski definition) is 3. The van der Waals surface area contributed by atoms with E-state index in [-0.39, 0.29) is 5.56 Å². The Morgan fingerprint density at radius 1 is 1.32 bits per heavy atom. The van der Waals surface area contributed by atoms with Crippen LogP contribution in [0.2, 0.25) is 5.02 Å². The molecule has 1 unspecified atom stereocenters. The second-order valence-electron chi connectivity index (χ2n) is 4.37. The molecule has 2 aromatic carbocycles. The fourth-order valence-electron chi connectivity index (χ4n) is 1.99. The van der Waals surface area contributed by atoms with Crippen LogP contribution in [0.25, 0.3) is 0 Å². The van der Waals surface area contributed by atoms with Crippen LogP contribution < -0.4 is 5.32 Å². The minimum atomic E-state index is -0.949. The van der Waals surface area contributed by atoms with Crippen molar-refractivity contribution >= 4 is 29.3 Å². The van der Waals surface area contributed by atoms with E-state index >= 15 is 0 Å². The molecule has 0 aliphatic carbocycles. The fraction of sp³-hybridized carbons (Fsp3) is 0.125. The van der Waals surface area contributed by atoms with Crippen LogP contribution in [-0.2, 0) is 0 Å². The molecule has 22 heavy (non-hydrogen) atoms. The van der Waals surface area contributed by atoms with E-state index in [9.17, 15) is 14.4 Å². The lowest BCUT2D eigenvalue weighted by Gasteiger charge is -2.15. The van der Waals surface area contributed by atoms with Crippen molar-refractivity contribution in [3.05, 3.63) is 64.4 Å². The van der Waals surface area contributed by atoms with Gasteiger partial charge in [0.1, 0.15) is 11.9 Å². The zero-order chi connectivity index (χ0) is 16.1. The molecule has 0 aliphatic heterocycles. The predicted molar refractivity (Wildman–Crippen MR) is 85.5 cm³/mol. The predicted octanol–water partition coefficient (Wildman–Crippen LogP) is 4.20. The highest BCUT2D eigenvalue weighted by molar-refractivity contribution is 7.98. The van der Waals surface area contributed by atoms with E-state index in [0.29, 0.717) is 15.5 Å². The number of thioether (sulfide) groups is 1. The first-order chi connectivity index (χ1) is 10.6. The highest BCUT2D eigenvalue weighted by Crippen LogP contribution is 2.25. The number of rotatable bonds is 4. The first kappa shape index (κ1) is 16.3. The Kier molecular flexibility index (Phi) is 5.42. The SMILES string of the molecule is CSc1cccc(F)c1C(=O)NC(C#N)c1ccccc1Cl. The van der Waals surface area contributed by atoms with E-state index in [4.69, 9.17) is 11.6 Å². The van der Waals surface area contributed by atoms with Crippen molar-refractivity contribution < 1.29 is 9.18 Å². The third-order valence-electron chi connectivity index (χ3n) is 3.04. The molecule has 1 amide bonds. The maximum absolute atomic E-state index is 13.9. The zero-order valence-corrected chi connectivity index (χ0v) is 13.2. The molecule has 0 aromatic heterocycles. The van der Waals surface area contributed by atoms with Crippen molar-refractivity contribution in [3.8, 4) is 6.07 Å². The van der Waals surface area contributed by atoms with Gasteiger partial charge in [-0.3, -0.25) is 4.79 Å². The van der Waals surface area contributed by atoms with Gasteiger partial charge in [0, 0.05) is 15.5 Å². The van der Waals surface area contributed by atoms with Gasteiger partial charge < -0.3 is 5.32 Å². The Hall–Kier alpha value is -2.03. The molecular weight excluding hydrogens is 323 g/mol. The summed E-state index contributed by atoms with van der Waals surface area (Å²) in [6.45, 7) is 0. The van der Waals surface area contributed by atoms with Crippen LogP contribution in [0.1, 0.15) is 22.0 Å². The smallest absolute Gasteiger partial charge is 0.256 e. The Morgan fingerprint density at radius 3 is 2.68 bits per heavy atom. The summed E-state index contributed by atoms with van der Waals surface area (Å²) in [7, 11) is 0. The molecule has 0 bridgehead atoms. The molecule has 1 atom stereocenters. The minimum Gasteiger partial charge on any atom is -0.332 e. The van der Waals surface area contributed by atoms with Gasteiger partial charge in [-0.1, -0.05) is 35.9 Å². The molecule has 0 fully saturated rings. The number of benzene rings is 2. The van der Waals surface area contributed by atoms with Crippen LogP contribution in [0.4, 0.5) is 4.39 Å². The van der Waals surface area contributed by atoms with Gasteiger partial charge in [0.05, 0.1) is 11.6 Å². The number of nitrogens with one attached hydrogen (secondary N) is 1. The molecule has 1 N–H and O–H groups in total. The molecule has 3 nitrogen and oxygen atoms in total. The lowest BCUT2D eigenvalue weighted by molar-refractivity contribution is 0.0938. The van der Waals surface area contributed by atoms with E-state index in [1.807, 2.05) is 6.07 Å². The average Bonchev–Trinajstić information content (AvgIpc) is 2.52. The number of nitrogens with zero attached hydrogens (tertiary/aromatic N) is 1. The summed E-state index contributed by atoms with van der Waals surface area (Å²) in [5, 5.41) is 12.2. The van der Waals surface area contributed by atoms with Gasteiger partial charge >= 0.3 is 0 Å². The summed E-state index contributed by atoms with van der Waals surface area (Å²) in [6, 6.07) is 12.1. The van der Waals surface area contributed by atoms with Crippen LogP contribution in [0.3, 0.4) is 0 Å². The topological polar surface area (TPSA) is 52.9 Å². The van der Waals surface area contributed by atoms with Crippen LogP contribution in [0.15, 0.2) is 47.4 Å². The number of carbonyl (C=O) groups excluding carboxylic acids is 1. The summed E-state index contributed by atoms with van der Waals surface area (Å²) in [5.41, 5.74) is 0.407. The van der Waals surface area contributed by atoms with Gasteiger partial charge in [0.25, 0.3) is 5.91 Å². The first-order valence-corrected chi connectivity index (χ1v) is 7.96. The van der Waals surface area contributed by atoms with Crippen LogP contribution >= 0.6 is 23.4 Å². The highest BCUT2D eigenvalue weighted by atomic mass is 35.5. The second kappa shape index (κ2) is 7.30.